The number of nitrogens with one attached hydrogen (secondary N) is 1. The van der Waals surface area contributed by atoms with Crippen LogP contribution >= 0.6 is 11.8 Å². The Bertz CT molecular complexity index is 922. The van der Waals surface area contributed by atoms with Gasteiger partial charge in [-0.15, -0.1) is 0 Å². The number of thioether (sulfide) groups is 1. The van der Waals surface area contributed by atoms with Crippen molar-refractivity contribution in [1.29, 1.82) is 0 Å². The molecule has 3 rings (SSSR count). The van der Waals surface area contributed by atoms with Crippen LogP contribution in [0.15, 0.2) is 46.3 Å². The van der Waals surface area contributed by atoms with E-state index in [1.165, 1.54) is 23.9 Å². The minimum absolute atomic E-state index is 0.156. The van der Waals surface area contributed by atoms with E-state index in [0.717, 1.165) is 0 Å². The second kappa shape index (κ2) is 8.05. The van der Waals surface area contributed by atoms with E-state index in [2.05, 4.69) is 10.3 Å². The first-order valence-corrected chi connectivity index (χ1v) is 8.74. The minimum Gasteiger partial charge on any atom is -0.508 e. The highest BCUT2D eigenvalue weighted by atomic mass is 32.2. The summed E-state index contributed by atoms with van der Waals surface area (Å²) in [5.74, 6) is 1.52. The molecule has 0 unspecified atom stereocenters. The van der Waals surface area contributed by atoms with Crippen molar-refractivity contribution in [3.05, 3.63) is 46.9 Å². The van der Waals surface area contributed by atoms with Crippen LogP contribution in [0.4, 0.5) is 5.69 Å². The summed E-state index contributed by atoms with van der Waals surface area (Å²) in [4.78, 5) is 17.1. The number of amidine groups is 1. The number of amides is 1. The molecule has 1 saturated heterocycles. The zero-order chi connectivity index (χ0) is 19.4. The van der Waals surface area contributed by atoms with E-state index in [9.17, 15) is 9.90 Å². The number of nitrogens with zero attached hydrogens (tertiary/aromatic N) is 1. The molecule has 0 radical (unpaired) electrons. The molecule has 2 N–H and O–H groups in total. The van der Waals surface area contributed by atoms with Gasteiger partial charge in [-0.05, 0) is 48.2 Å². The van der Waals surface area contributed by atoms with E-state index < -0.39 is 0 Å². The number of rotatable bonds is 5. The van der Waals surface area contributed by atoms with Gasteiger partial charge in [0.05, 0.1) is 31.9 Å². The van der Waals surface area contributed by atoms with Crippen LogP contribution in [-0.4, -0.2) is 37.5 Å². The number of hydrogen-bond donors (Lipinski definition) is 2. The van der Waals surface area contributed by atoms with Crippen LogP contribution in [0.25, 0.3) is 6.08 Å². The van der Waals surface area contributed by atoms with E-state index in [1.54, 1.807) is 51.7 Å². The zero-order valence-corrected chi connectivity index (χ0v) is 15.8. The van der Waals surface area contributed by atoms with Gasteiger partial charge < -0.3 is 24.6 Å². The van der Waals surface area contributed by atoms with Crippen molar-refractivity contribution < 1.29 is 24.1 Å². The third-order valence-corrected chi connectivity index (χ3v) is 4.66. The van der Waals surface area contributed by atoms with Crippen LogP contribution in [-0.2, 0) is 4.79 Å². The lowest BCUT2D eigenvalue weighted by Gasteiger charge is -2.12. The van der Waals surface area contributed by atoms with Gasteiger partial charge >= 0.3 is 0 Å². The van der Waals surface area contributed by atoms with Crippen molar-refractivity contribution in [2.75, 3.05) is 21.3 Å². The average molecular weight is 386 g/mol. The molecule has 1 aliphatic heterocycles. The van der Waals surface area contributed by atoms with Crippen LogP contribution in [0.3, 0.4) is 0 Å². The molecule has 1 amide bonds. The third-order valence-electron chi connectivity index (χ3n) is 3.75. The normalized spacial score (nSPS) is 16.5. The number of carbonyl (C=O) groups excluding carboxylic acids is 1. The fourth-order valence-electron chi connectivity index (χ4n) is 2.43. The highest BCUT2D eigenvalue weighted by Gasteiger charge is 2.24. The van der Waals surface area contributed by atoms with E-state index in [-0.39, 0.29) is 11.7 Å². The van der Waals surface area contributed by atoms with Crippen molar-refractivity contribution in [3.63, 3.8) is 0 Å². The standard InChI is InChI=1S/C19H18N2O5S/c1-24-14-10-16(26-3)15(25-2)8-11(14)9-17-18(23)21-19(27-17)20-12-4-6-13(22)7-5-12/h4-10,22H,1-3H3,(H,20,21,23)/b17-9+. The second-order valence-corrected chi connectivity index (χ2v) is 6.48. The maximum Gasteiger partial charge on any atom is 0.264 e. The third kappa shape index (κ3) is 4.17. The van der Waals surface area contributed by atoms with Gasteiger partial charge in [-0.2, -0.15) is 0 Å². The van der Waals surface area contributed by atoms with Gasteiger partial charge in [-0.1, -0.05) is 0 Å². The maximum atomic E-state index is 12.3. The molecule has 1 heterocycles. The van der Waals surface area contributed by atoms with E-state index in [4.69, 9.17) is 14.2 Å². The fourth-order valence-corrected chi connectivity index (χ4v) is 3.26. The van der Waals surface area contributed by atoms with Gasteiger partial charge in [-0.25, -0.2) is 4.99 Å². The number of ether oxygens (including phenoxy) is 3. The summed E-state index contributed by atoms with van der Waals surface area (Å²) in [7, 11) is 4.63. The number of phenolic OH excluding ortho intramolecular Hbond substituents is 1. The molecule has 27 heavy (non-hydrogen) atoms. The molecular weight excluding hydrogens is 368 g/mol. The number of aliphatic imine (C=N–C) groups is 1. The Labute approximate surface area is 160 Å². The molecule has 0 spiro atoms. The number of benzene rings is 2. The van der Waals surface area contributed by atoms with E-state index >= 15 is 0 Å². The van der Waals surface area contributed by atoms with Gasteiger partial charge in [0.25, 0.3) is 5.91 Å². The molecular formula is C19H18N2O5S. The average Bonchev–Trinajstić information content (AvgIpc) is 3.02. The predicted molar refractivity (Wildman–Crippen MR) is 105 cm³/mol. The number of carbonyl (C=O) groups is 1. The maximum absolute atomic E-state index is 12.3. The molecule has 0 bridgehead atoms. The first-order chi connectivity index (χ1) is 13.0. The van der Waals surface area contributed by atoms with Crippen molar-refractivity contribution in [2.24, 2.45) is 4.99 Å². The molecule has 0 aliphatic carbocycles. The SMILES string of the molecule is COc1cc(OC)c(OC)cc1/C=C1/SC(=Nc2ccc(O)cc2)NC1=O. The molecule has 2 aromatic rings. The van der Waals surface area contributed by atoms with Crippen molar-refractivity contribution >= 4 is 34.6 Å². The Hall–Kier alpha value is -3.13. The summed E-state index contributed by atoms with van der Waals surface area (Å²) >= 11 is 1.22. The van der Waals surface area contributed by atoms with Crippen molar-refractivity contribution in [2.45, 2.75) is 0 Å². The summed E-state index contributed by atoms with van der Waals surface area (Å²) in [6.07, 6.45) is 1.71. The number of phenols is 1. The van der Waals surface area contributed by atoms with Crippen LogP contribution < -0.4 is 19.5 Å². The Balaban J connectivity index is 1.91. The Morgan fingerprint density at radius 1 is 1.00 bits per heavy atom. The molecule has 0 saturated carbocycles. The first-order valence-electron chi connectivity index (χ1n) is 7.92. The minimum atomic E-state index is -0.255. The van der Waals surface area contributed by atoms with Gasteiger partial charge in [0.2, 0.25) is 0 Å². The summed E-state index contributed by atoms with van der Waals surface area (Å²) in [6.45, 7) is 0. The van der Waals surface area contributed by atoms with Gasteiger partial charge in [0.1, 0.15) is 11.5 Å². The Morgan fingerprint density at radius 3 is 2.26 bits per heavy atom. The lowest BCUT2D eigenvalue weighted by molar-refractivity contribution is -0.115. The predicted octanol–water partition coefficient (Wildman–Crippen LogP) is 3.31. The zero-order valence-electron chi connectivity index (χ0n) is 15.0. The molecule has 140 valence electrons. The van der Waals surface area contributed by atoms with E-state index in [1.807, 2.05) is 0 Å². The lowest BCUT2D eigenvalue weighted by atomic mass is 10.1. The molecule has 0 aromatic heterocycles. The van der Waals surface area contributed by atoms with Crippen molar-refractivity contribution in [3.8, 4) is 23.0 Å². The summed E-state index contributed by atoms with van der Waals surface area (Å²) in [5, 5.41) is 12.5. The van der Waals surface area contributed by atoms with Crippen molar-refractivity contribution in [1.82, 2.24) is 5.32 Å². The van der Waals surface area contributed by atoms with Crippen LogP contribution in [0.1, 0.15) is 5.56 Å². The van der Waals surface area contributed by atoms with Crippen LogP contribution in [0.2, 0.25) is 0 Å². The second-order valence-electron chi connectivity index (χ2n) is 5.45. The summed E-state index contributed by atoms with van der Waals surface area (Å²) in [6, 6.07) is 9.84. The number of hydrogen-bond acceptors (Lipinski definition) is 7. The van der Waals surface area contributed by atoms with Gasteiger partial charge in [-0.3, -0.25) is 4.79 Å². The highest BCUT2D eigenvalue weighted by molar-refractivity contribution is 8.18. The molecule has 1 fully saturated rings. The monoisotopic (exact) mass is 386 g/mol. The Morgan fingerprint density at radius 2 is 1.63 bits per heavy atom. The van der Waals surface area contributed by atoms with Gasteiger partial charge in [0, 0.05) is 11.6 Å². The number of aromatic hydroxyl groups is 1. The Kier molecular flexibility index (Phi) is 5.56. The molecule has 7 nitrogen and oxygen atoms in total. The highest BCUT2D eigenvalue weighted by Crippen LogP contribution is 2.37. The summed E-state index contributed by atoms with van der Waals surface area (Å²) < 4.78 is 16.0. The summed E-state index contributed by atoms with van der Waals surface area (Å²) in [5.41, 5.74) is 1.30. The van der Waals surface area contributed by atoms with Gasteiger partial charge in [0.15, 0.2) is 16.7 Å². The number of methoxy groups -OCH3 is 3. The topological polar surface area (TPSA) is 89.4 Å². The molecule has 2 aromatic carbocycles. The van der Waals surface area contributed by atoms with Crippen LogP contribution in [0.5, 0.6) is 23.0 Å². The largest absolute Gasteiger partial charge is 0.508 e. The van der Waals surface area contributed by atoms with E-state index in [0.29, 0.717) is 38.6 Å². The van der Waals surface area contributed by atoms with Crippen LogP contribution in [0, 0.1) is 0 Å². The smallest absolute Gasteiger partial charge is 0.264 e. The molecule has 0 atom stereocenters. The lowest BCUT2D eigenvalue weighted by Crippen LogP contribution is -2.19. The molecule has 1 aliphatic rings. The molecule has 8 heteroatoms. The quantitative estimate of drug-likeness (QED) is 0.767. The fraction of sp³-hybridized carbons (Fsp3) is 0.158. The first kappa shape index (κ1) is 18.7.